The van der Waals surface area contributed by atoms with Gasteiger partial charge in [0, 0.05) is 27.1 Å². The molecule has 10 rings (SSSR count). The van der Waals surface area contributed by atoms with Crippen molar-refractivity contribution in [2.24, 2.45) is 0 Å². The average molecular weight is 811 g/mol. The Morgan fingerprint density at radius 2 is 0.935 bits per heavy atom. The number of aryl methyl sites for hydroxylation is 4. The molecule has 8 aromatic carbocycles. The van der Waals surface area contributed by atoms with E-state index >= 15 is 0 Å². The maximum absolute atomic E-state index is 14.4. The number of halogens is 3. The maximum atomic E-state index is 14.4. The van der Waals surface area contributed by atoms with Gasteiger partial charge in [-0.25, -0.2) is 9.69 Å². The Kier molecular flexibility index (Phi) is 8.91. The molecular weight excluding hydrogens is 774 g/mol. The summed E-state index contributed by atoms with van der Waals surface area (Å²) in [5.74, 6) is 0. The number of alkyl halides is 3. The number of fused-ring (bicyclic) bond motifs is 6. The van der Waals surface area contributed by atoms with Gasteiger partial charge in [0.2, 0.25) is 0 Å². The van der Waals surface area contributed by atoms with E-state index in [1.807, 2.05) is 30.3 Å². The van der Waals surface area contributed by atoms with Crippen LogP contribution in [0.5, 0.6) is 0 Å². The second kappa shape index (κ2) is 14.4. The predicted molar refractivity (Wildman–Crippen MR) is 248 cm³/mol. The summed E-state index contributed by atoms with van der Waals surface area (Å²) >= 11 is 0. The zero-order valence-electron chi connectivity index (χ0n) is 34.4. The maximum Gasteiger partial charge on any atom is 0.415 e. The molecule has 0 fully saturated rings. The van der Waals surface area contributed by atoms with E-state index in [0.29, 0.717) is 16.9 Å². The first-order valence-corrected chi connectivity index (χ1v) is 20.3. The fourth-order valence-electron chi connectivity index (χ4n) is 9.32. The van der Waals surface area contributed by atoms with Crippen LogP contribution in [0.1, 0.15) is 27.8 Å². The molecule has 0 aliphatic carbocycles. The van der Waals surface area contributed by atoms with Crippen molar-refractivity contribution in [3.8, 4) is 44.8 Å². The zero-order chi connectivity index (χ0) is 43.0. The molecule has 62 heavy (non-hydrogen) atoms. The van der Waals surface area contributed by atoms with Gasteiger partial charge in [0.05, 0.1) is 46.6 Å². The van der Waals surface area contributed by atoms with Crippen LogP contribution in [-0.2, 0) is 6.18 Å². The van der Waals surface area contributed by atoms with E-state index in [9.17, 15) is 13.2 Å². The first-order chi connectivity index (χ1) is 29.9. The Balaban J connectivity index is 1.32. The van der Waals surface area contributed by atoms with Gasteiger partial charge >= 0.3 is 6.18 Å². The van der Waals surface area contributed by atoms with Crippen molar-refractivity contribution in [2.75, 3.05) is 0 Å². The summed E-state index contributed by atoms with van der Waals surface area (Å²) in [7, 11) is 0. The molecule has 0 amide bonds. The van der Waals surface area contributed by atoms with E-state index in [0.717, 1.165) is 78.0 Å². The van der Waals surface area contributed by atoms with Gasteiger partial charge < -0.3 is 9.13 Å². The van der Waals surface area contributed by atoms with E-state index in [1.54, 1.807) is 6.07 Å². The number of benzene rings is 8. The molecule has 4 nitrogen and oxygen atoms in total. The van der Waals surface area contributed by atoms with Gasteiger partial charge in [-0.05, 0) is 139 Å². The van der Waals surface area contributed by atoms with Crippen LogP contribution in [0.3, 0.4) is 0 Å². The van der Waals surface area contributed by atoms with E-state index in [2.05, 4.69) is 144 Å². The fraction of sp³-hybridized carbons (Fsp3) is 0.0909. The van der Waals surface area contributed by atoms with Gasteiger partial charge in [-0.1, -0.05) is 96.1 Å². The molecule has 0 atom stereocenters. The second-order valence-corrected chi connectivity index (χ2v) is 16.2. The highest BCUT2D eigenvalue weighted by Crippen LogP contribution is 2.46. The topological polar surface area (TPSA) is 18.6 Å². The van der Waals surface area contributed by atoms with Crippen molar-refractivity contribution < 1.29 is 13.2 Å². The molecule has 0 N–H and O–H groups in total. The molecule has 0 unspecified atom stereocenters. The summed E-state index contributed by atoms with van der Waals surface area (Å²) in [5.41, 5.74) is 13.6. The molecule has 7 heteroatoms. The molecule has 0 spiro atoms. The fourth-order valence-corrected chi connectivity index (χ4v) is 9.32. The van der Waals surface area contributed by atoms with Crippen LogP contribution in [0.25, 0.3) is 98.1 Å². The molecule has 0 radical (unpaired) electrons. The lowest BCUT2D eigenvalue weighted by molar-refractivity contribution is -0.137. The third-order valence-corrected chi connectivity index (χ3v) is 12.1. The van der Waals surface area contributed by atoms with Gasteiger partial charge in [-0.15, -0.1) is 0 Å². The quantitative estimate of drug-likeness (QED) is 0.154. The van der Waals surface area contributed by atoms with E-state index in [4.69, 9.17) is 13.1 Å². The first kappa shape index (κ1) is 38.3. The van der Waals surface area contributed by atoms with Crippen LogP contribution in [0.2, 0.25) is 0 Å². The minimum absolute atomic E-state index is 0.142. The van der Waals surface area contributed by atoms with Gasteiger partial charge in [-0.3, -0.25) is 0 Å². The minimum Gasteiger partial charge on any atom is -0.308 e. The number of aromatic nitrogens is 2. The second-order valence-electron chi connectivity index (χ2n) is 16.2. The smallest absolute Gasteiger partial charge is 0.308 e. The van der Waals surface area contributed by atoms with Crippen molar-refractivity contribution in [2.45, 2.75) is 33.9 Å². The highest BCUT2D eigenvalue weighted by atomic mass is 19.4. The van der Waals surface area contributed by atoms with Gasteiger partial charge in [0.25, 0.3) is 0 Å². The lowest BCUT2D eigenvalue weighted by Gasteiger charge is -2.20. The summed E-state index contributed by atoms with van der Waals surface area (Å²) in [6.45, 7) is 24.6. The molecule has 0 saturated heterocycles. The number of para-hydroxylation sites is 2. The van der Waals surface area contributed by atoms with E-state index < -0.39 is 11.7 Å². The Bertz CT molecular complexity index is 3590. The van der Waals surface area contributed by atoms with Crippen molar-refractivity contribution in [1.29, 1.82) is 0 Å². The zero-order valence-corrected chi connectivity index (χ0v) is 34.4. The summed E-state index contributed by atoms with van der Waals surface area (Å²) < 4.78 is 47.5. The molecule has 2 aromatic heterocycles. The van der Waals surface area contributed by atoms with Gasteiger partial charge in [-0.2, -0.15) is 13.2 Å². The Hall–Kier alpha value is -7.87. The molecule has 0 saturated carbocycles. The van der Waals surface area contributed by atoms with Crippen LogP contribution in [0, 0.1) is 40.8 Å². The highest BCUT2D eigenvalue weighted by Gasteiger charge is 2.32. The lowest BCUT2D eigenvalue weighted by atomic mass is 9.97. The Morgan fingerprint density at radius 1 is 0.435 bits per heavy atom. The van der Waals surface area contributed by atoms with Crippen molar-refractivity contribution in [3.63, 3.8) is 0 Å². The molecule has 0 bridgehead atoms. The lowest BCUT2D eigenvalue weighted by Crippen LogP contribution is -2.06. The summed E-state index contributed by atoms with van der Waals surface area (Å²) in [6, 6.07) is 49.1. The van der Waals surface area contributed by atoms with Crippen molar-refractivity contribution in [1.82, 2.24) is 9.13 Å². The predicted octanol–water partition coefficient (Wildman–Crippen LogP) is 16.2. The molecule has 2 heterocycles. The molecule has 0 aliphatic rings. The monoisotopic (exact) mass is 810 g/mol. The summed E-state index contributed by atoms with van der Waals surface area (Å²) in [4.78, 5) is 7.38. The molecule has 298 valence electrons. The van der Waals surface area contributed by atoms with Crippen LogP contribution < -0.4 is 0 Å². The number of nitrogens with zero attached hydrogens (tertiary/aromatic N) is 4. The Labute approximate surface area is 357 Å². The standard InChI is InChI=1S/C55H37F3N4/c1-32-15-19-41(34(3)23-32)36-17-21-51-46(27-36)43-11-7-9-13-49(43)61(51)53-30-45(38-25-39(55(56,57)58)29-40(26-38)59-5)48(60-6)31-54(53)62-50-14-10-8-12-44(50)47-28-37(18-22-52(47)62)42-20-16-33(2)24-35(42)4/h7-31H,1-4H3. The number of hydrogen-bond acceptors (Lipinski definition) is 0. The third-order valence-electron chi connectivity index (χ3n) is 12.1. The number of rotatable bonds is 5. The highest BCUT2D eigenvalue weighted by molar-refractivity contribution is 6.13. The molecular formula is C55H37F3N4. The van der Waals surface area contributed by atoms with Crippen LogP contribution in [0.15, 0.2) is 152 Å². The normalized spacial score (nSPS) is 11.8. The number of hydrogen-bond donors (Lipinski definition) is 0. The molecule has 0 aliphatic heterocycles. The average Bonchev–Trinajstić information content (AvgIpc) is 3.77. The molecule has 10 aromatic rings. The van der Waals surface area contributed by atoms with E-state index in [-0.39, 0.29) is 16.9 Å². The summed E-state index contributed by atoms with van der Waals surface area (Å²) in [5, 5.41) is 4.06. The van der Waals surface area contributed by atoms with Crippen LogP contribution in [0.4, 0.5) is 24.5 Å². The van der Waals surface area contributed by atoms with Gasteiger partial charge in [0.15, 0.2) is 11.4 Å². The SMILES string of the molecule is [C-]#[N+]c1cc(-c2cc(-n3c4ccccc4c4cc(-c5ccc(C)cc5C)ccc43)c(-n3c4ccccc4c4cc(-c5ccc(C)cc5C)ccc43)cc2[N+]#[C-])cc(C(F)(F)F)c1. The van der Waals surface area contributed by atoms with E-state index in [1.165, 1.54) is 28.3 Å². The van der Waals surface area contributed by atoms with Crippen LogP contribution in [-0.4, -0.2) is 9.13 Å². The third kappa shape index (κ3) is 6.21. The van der Waals surface area contributed by atoms with Crippen molar-refractivity contribution in [3.05, 3.63) is 202 Å². The Morgan fingerprint density at radius 3 is 1.42 bits per heavy atom. The largest absolute Gasteiger partial charge is 0.415 e. The van der Waals surface area contributed by atoms with Gasteiger partial charge in [0.1, 0.15) is 0 Å². The summed E-state index contributed by atoms with van der Waals surface area (Å²) in [6.07, 6.45) is -4.70. The first-order valence-electron chi connectivity index (χ1n) is 20.3. The van der Waals surface area contributed by atoms with Crippen LogP contribution >= 0.6 is 0 Å². The minimum atomic E-state index is -4.70. The van der Waals surface area contributed by atoms with Crippen molar-refractivity contribution >= 4 is 55.0 Å².